The standard InChI is InChI=1S/C16H24N6O.HI/c1-3-17-16(18-10-15-5-7-23-20-15)22-6-4-13(12-22)8-14-9-19-21(2)11-14;/h5,7,9,11,13H,3-4,6,8,10,12H2,1-2H3,(H,17,18);1H. The first-order chi connectivity index (χ1) is 11.2. The summed E-state index contributed by atoms with van der Waals surface area (Å²) in [6, 6.07) is 1.85. The summed E-state index contributed by atoms with van der Waals surface area (Å²) in [6.07, 6.45) is 7.91. The summed E-state index contributed by atoms with van der Waals surface area (Å²) >= 11 is 0. The average Bonchev–Trinajstić information content (AvgIpc) is 3.27. The van der Waals surface area contributed by atoms with Gasteiger partial charge in [-0.1, -0.05) is 5.16 Å². The number of aryl methyl sites for hydroxylation is 1. The van der Waals surface area contributed by atoms with E-state index in [0.29, 0.717) is 12.5 Å². The van der Waals surface area contributed by atoms with Gasteiger partial charge in [0.15, 0.2) is 5.96 Å². The molecule has 0 aliphatic carbocycles. The maximum Gasteiger partial charge on any atom is 0.194 e. The molecule has 0 saturated carbocycles. The van der Waals surface area contributed by atoms with Crippen molar-refractivity contribution < 1.29 is 4.52 Å². The number of rotatable bonds is 5. The Morgan fingerprint density at radius 3 is 3.04 bits per heavy atom. The van der Waals surface area contributed by atoms with Crippen molar-refractivity contribution in [2.45, 2.75) is 26.3 Å². The molecule has 1 unspecified atom stereocenters. The monoisotopic (exact) mass is 444 g/mol. The van der Waals surface area contributed by atoms with Gasteiger partial charge in [-0.3, -0.25) is 4.68 Å². The Bertz CT molecular complexity index is 639. The molecule has 0 radical (unpaired) electrons. The SMILES string of the molecule is CCNC(=NCc1ccon1)N1CCC(Cc2cnn(C)c2)C1.I. The van der Waals surface area contributed by atoms with E-state index >= 15 is 0 Å². The minimum absolute atomic E-state index is 0. The third kappa shape index (κ3) is 4.96. The van der Waals surface area contributed by atoms with E-state index in [9.17, 15) is 0 Å². The summed E-state index contributed by atoms with van der Waals surface area (Å²) < 4.78 is 6.72. The molecule has 132 valence electrons. The first-order valence-corrected chi connectivity index (χ1v) is 8.14. The zero-order chi connectivity index (χ0) is 16.1. The molecule has 0 amide bonds. The number of nitrogens with one attached hydrogen (secondary N) is 1. The van der Waals surface area contributed by atoms with Crippen LogP contribution in [0.25, 0.3) is 0 Å². The molecular weight excluding hydrogens is 419 g/mol. The molecule has 7 nitrogen and oxygen atoms in total. The van der Waals surface area contributed by atoms with Gasteiger partial charge in [0.05, 0.1) is 12.7 Å². The highest BCUT2D eigenvalue weighted by Crippen LogP contribution is 2.20. The fourth-order valence-corrected chi connectivity index (χ4v) is 3.00. The van der Waals surface area contributed by atoms with Crippen LogP contribution < -0.4 is 5.32 Å². The molecule has 0 bridgehead atoms. The van der Waals surface area contributed by atoms with Gasteiger partial charge in [-0.25, -0.2) is 4.99 Å². The van der Waals surface area contributed by atoms with Crippen molar-refractivity contribution in [1.29, 1.82) is 0 Å². The number of likely N-dealkylation sites (tertiary alicyclic amines) is 1. The Labute approximate surface area is 159 Å². The van der Waals surface area contributed by atoms with E-state index in [1.54, 1.807) is 6.26 Å². The summed E-state index contributed by atoms with van der Waals surface area (Å²) in [6.45, 7) is 5.56. The van der Waals surface area contributed by atoms with Crippen LogP contribution in [0.2, 0.25) is 0 Å². The van der Waals surface area contributed by atoms with Crippen molar-refractivity contribution in [3.8, 4) is 0 Å². The molecule has 3 rings (SSSR count). The Morgan fingerprint density at radius 2 is 2.38 bits per heavy atom. The van der Waals surface area contributed by atoms with E-state index in [0.717, 1.165) is 37.7 Å². The normalized spacial score (nSPS) is 17.8. The summed E-state index contributed by atoms with van der Waals surface area (Å²) in [7, 11) is 1.96. The van der Waals surface area contributed by atoms with Crippen LogP contribution in [0.3, 0.4) is 0 Å². The van der Waals surface area contributed by atoms with Gasteiger partial charge in [-0.2, -0.15) is 5.10 Å². The zero-order valence-electron chi connectivity index (χ0n) is 14.2. The highest BCUT2D eigenvalue weighted by molar-refractivity contribution is 14.0. The number of aliphatic imine (C=N–C) groups is 1. The van der Waals surface area contributed by atoms with E-state index < -0.39 is 0 Å². The molecule has 3 heterocycles. The molecular formula is C16H25IN6O. The second kappa shape index (κ2) is 9.05. The fourth-order valence-electron chi connectivity index (χ4n) is 3.00. The van der Waals surface area contributed by atoms with Gasteiger partial charge >= 0.3 is 0 Å². The highest BCUT2D eigenvalue weighted by atomic mass is 127. The number of halogens is 1. The average molecular weight is 444 g/mol. The molecule has 1 aliphatic heterocycles. The molecule has 0 aromatic carbocycles. The molecule has 8 heteroatoms. The van der Waals surface area contributed by atoms with E-state index in [4.69, 9.17) is 4.52 Å². The van der Waals surface area contributed by atoms with E-state index in [-0.39, 0.29) is 24.0 Å². The lowest BCUT2D eigenvalue weighted by Gasteiger charge is -2.21. The van der Waals surface area contributed by atoms with Crippen molar-refractivity contribution in [2.75, 3.05) is 19.6 Å². The highest BCUT2D eigenvalue weighted by Gasteiger charge is 2.25. The first-order valence-electron chi connectivity index (χ1n) is 8.14. The predicted molar refractivity (Wildman–Crippen MR) is 103 cm³/mol. The zero-order valence-corrected chi connectivity index (χ0v) is 16.5. The van der Waals surface area contributed by atoms with Gasteiger partial charge in [-0.05, 0) is 31.2 Å². The van der Waals surface area contributed by atoms with Gasteiger partial charge in [0.2, 0.25) is 0 Å². The third-order valence-corrected chi connectivity index (χ3v) is 4.09. The van der Waals surface area contributed by atoms with Crippen LogP contribution >= 0.6 is 24.0 Å². The largest absolute Gasteiger partial charge is 0.364 e. The van der Waals surface area contributed by atoms with Gasteiger partial charge in [-0.15, -0.1) is 24.0 Å². The Hall–Kier alpha value is -1.58. The number of hydrogen-bond donors (Lipinski definition) is 1. The van der Waals surface area contributed by atoms with Crippen LogP contribution in [-0.4, -0.2) is 45.4 Å². The van der Waals surface area contributed by atoms with Crippen LogP contribution in [0.15, 0.2) is 34.2 Å². The topological polar surface area (TPSA) is 71.5 Å². The molecule has 24 heavy (non-hydrogen) atoms. The van der Waals surface area contributed by atoms with Crippen LogP contribution in [0.5, 0.6) is 0 Å². The summed E-state index contributed by atoms with van der Waals surface area (Å²) in [4.78, 5) is 7.01. The molecule has 0 spiro atoms. The molecule has 2 aromatic heterocycles. The Balaban J connectivity index is 0.00000208. The molecule has 1 N–H and O–H groups in total. The van der Waals surface area contributed by atoms with Gasteiger partial charge in [0.1, 0.15) is 12.0 Å². The van der Waals surface area contributed by atoms with Gasteiger partial charge in [0.25, 0.3) is 0 Å². The van der Waals surface area contributed by atoms with E-state index in [2.05, 4.69) is 38.6 Å². The smallest absolute Gasteiger partial charge is 0.194 e. The van der Waals surface area contributed by atoms with E-state index in [1.165, 1.54) is 12.0 Å². The van der Waals surface area contributed by atoms with Gasteiger partial charge in [0, 0.05) is 38.9 Å². The molecule has 2 aromatic rings. The second-order valence-corrected chi connectivity index (χ2v) is 5.99. The summed E-state index contributed by atoms with van der Waals surface area (Å²) in [5.41, 5.74) is 2.16. The molecule has 1 aliphatic rings. The van der Waals surface area contributed by atoms with Gasteiger partial charge < -0.3 is 14.7 Å². The second-order valence-electron chi connectivity index (χ2n) is 5.99. The van der Waals surface area contributed by atoms with Crippen LogP contribution in [0, 0.1) is 5.92 Å². The Morgan fingerprint density at radius 1 is 1.50 bits per heavy atom. The van der Waals surface area contributed by atoms with Crippen LogP contribution in [0.4, 0.5) is 0 Å². The van der Waals surface area contributed by atoms with Crippen molar-refractivity contribution in [2.24, 2.45) is 18.0 Å². The maximum absolute atomic E-state index is 4.86. The molecule has 1 atom stereocenters. The lowest BCUT2D eigenvalue weighted by Crippen LogP contribution is -2.40. The summed E-state index contributed by atoms with van der Waals surface area (Å²) in [5.74, 6) is 1.61. The number of guanidine groups is 1. The number of nitrogens with zero attached hydrogens (tertiary/aromatic N) is 5. The lowest BCUT2D eigenvalue weighted by molar-refractivity contribution is 0.411. The van der Waals surface area contributed by atoms with Crippen molar-refractivity contribution in [3.63, 3.8) is 0 Å². The quantitative estimate of drug-likeness (QED) is 0.435. The van der Waals surface area contributed by atoms with Crippen molar-refractivity contribution in [1.82, 2.24) is 25.2 Å². The van der Waals surface area contributed by atoms with Crippen LogP contribution in [-0.2, 0) is 20.0 Å². The molecule has 1 fully saturated rings. The predicted octanol–water partition coefficient (Wildman–Crippen LogP) is 2.06. The first kappa shape index (κ1) is 18.8. The van der Waals surface area contributed by atoms with Crippen molar-refractivity contribution >= 4 is 29.9 Å². The minimum atomic E-state index is 0. The number of aromatic nitrogens is 3. The Kier molecular flexibility index (Phi) is 7.07. The summed E-state index contributed by atoms with van der Waals surface area (Å²) in [5, 5.41) is 11.5. The maximum atomic E-state index is 4.86. The minimum Gasteiger partial charge on any atom is -0.364 e. The van der Waals surface area contributed by atoms with E-state index in [1.807, 2.05) is 24.0 Å². The number of hydrogen-bond acceptors (Lipinski definition) is 4. The fraction of sp³-hybridized carbons (Fsp3) is 0.562. The van der Waals surface area contributed by atoms with Crippen LogP contribution in [0.1, 0.15) is 24.6 Å². The lowest BCUT2D eigenvalue weighted by atomic mass is 10.0. The molecule has 1 saturated heterocycles. The van der Waals surface area contributed by atoms with Crippen molar-refractivity contribution in [3.05, 3.63) is 36.0 Å². The third-order valence-electron chi connectivity index (χ3n) is 4.09.